The van der Waals surface area contributed by atoms with Crippen molar-refractivity contribution in [3.05, 3.63) is 34.2 Å². The van der Waals surface area contributed by atoms with Crippen LogP contribution in [0.15, 0.2) is 23.1 Å². The van der Waals surface area contributed by atoms with Gasteiger partial charge in [0, 0.05) is 38.9 Å². The van der Waals surface area contributed by atoms with Crippen molar-refractivity contribution in [3.8, 4) is 0 Å². The Hall–Kier alpha value is -1.87. The van der Waals surface area contributed by atoms with Crippen LogP contribution < -0.4 is 5.56 Å². The minimum atomic E-state index is -4.74. The number of halogens is 3. The third kappa shape index (κ3) is 4.57. The standard InChI is InChI=1S/C15H20F3N3O3/c1-11(22)9-19-5-7-20(8-6-19)13(23)10-21-4-2-3-12(14(21)24)15(16,17)18/h2-4,11,22H,5-10H2,1H3/t11-/m1/s1. The largest absolute Gasteiger partial charge is 0.421 e. The molecule has 134 valence electrons. The lowest BCUT2D eigenvalue weighted by Gasteiger charge is -2.35. The summed E-state index contributed by atoms with van der Waals surface area (Å²) < 4.78 is 39.0. The van der Waals surface area contributed by atoms with Gasteiger partial charge in [-0.25, -0.2) is 0 Å². The summed E-state index contributed by atoms with van der Waals surface area (Å²) in [6.07, 6.45) is -4.02. The number of alkyl halides is 3. The normalized spacial score (nSPS) is 17.8. The van der Waals surface area contributed by atoms with E-state index in [1.54, 1.807) is 6.92 Å². The lowest BCUT2D eigenvalue weighted by atomic mass is 10.2. The summed E-state index contributed by atoms with van der Waals surface area (Å²) in [5.74, 6) is -0.395. The number of aliphatic hydroxyl groups is 1. The Morgan fingerprint density at radius 2 is 1.92 bits per heavy atom. The van der Waals surface area contributed by atoms with E-state index in [1.807, 2.05) is 4.90 Å². The molecular formula is C15H20F3N3O3. The summed E-state index contributed by atoms with van der Waals surface area (Å²) in [7, 11) is 0. The van der Waals surface area contributed by atoms with E-state index in [0.29, 0.717) is 38.8 Å². The molecule has 0 unspecified atom stereocenters. The highest BCUT2D eigenvalue weighted by Crippen LogP contribution is 2.25. The van der Waals surface area contributed by atoms with Gasteiger partial charge in [-0.3, -0.25) is 14.5 Å². The van der Waals surface area contributed by atoms with E-state index in [2.05, 4.69) is 0 Å². The second kappa shape index (κ2) is 7.35. The Kier molecular flexibility index (Phi) is 5.66. The average molecular weight is 347 g/mol. The number of nitrogens with zero attached hydrogens (tertiary/aromatic N) is 3. The number of carbonyl (C=O) groups is 1. The fraction of sp³-hybridized carbons (Fsp3) is 0.600. The summed E-state index contributed by atoms with van der Waals surface area (Å²) in [6.45, 7) is 3.76. The molecule has 1 amide bonds. The molecule has 1 aromatic rings. The zero-order valence-electron chi connectivity index (χ0n) is 13.3. The van der Waals surface area contributed by atoms with Crippen LogP contribution in [0.5, 0.6) is 0 Å². The minimum Gasteiger partial charge on any atom is -0.392 e. The third-order valence-electron chi connectivity index (χ3n) is 3.88. The molecule has 0 bridgehead atoms. The van der Waals surface area contributed by atoms with Gasteiger partial charge in [0.1, 0.15) is 12.1 Å². The van der Waals surface area contributed by atoms with E-state index in [1.165, 1.54) is 11.1 Å². The molecule has 0 spiro atoms. The van der Waals surface area contributed by atoms with Crippen LogP contribution in [-0.2, 0) is 17.5 Å². The van der Waals surface area contributed by atoms with Crippen LogP contribution in [0.3, 0.4) is 0 Å². The maximum absolute atomic E-state index is 12.7. The molecule has 1 aromatic heterocycles. The summed E-state index contributed by atoms with van der Waals surface area (Å²) in [5.41, 5.74) is -2.49. The molecule has 1 aliphatic heterocycles. The molecule has 1 fully saturated rings. The predicted octanol–water partition coefficient (Wildman–Crippen LogP) is 0.392. The van der Waals surface area contributed by atoms with E-state index in [4.69, 9.17) is 0 Å². The van der Waals surface area contributed by atoms with Crippen molar-refractivity contribution in [1.82, 2.24) is 14.4 Å². The van der Waals surface area contributed by atoms with Gasteiger partial charge in [0.05, 0.1) is 6.10 Å². The van der Waals surface area contributed by atoms with Crippen molar-refractivity contribution >= 4 is 5.91 Å². The Balaban J connectivity index is 2.00. The number of aromatic nitrogens is 1. The molecule has 1 atom stereocenters. The highest BCUT2D eigenvalue weighted by molar-refractivity contribution is 5.76. The summed E-state index contributed by atoms with van der Waals surface area (Å²) in [5, 5.41) is 9.34. The van der Waals surface area contributed by atoms with E-state index < -0.39 is 35.9 Å². The summed E-state index contributed by atoms with van der Waals surface area (Å²) in [6, 6.07) is 1.82. The number of rotatable bonds is 4. The highest BCUT2D eigenvalue weighted by Gasteiger charge is 2.34. The van der Waals surface area contributed by atoms with Crippen LogP contribution in [0.2, 0.25) is 0 Å². The Morgan fingerprint density at radius 3 is 2.46 bits per heavy atom. The number of pyridine rings is 1. The van der Waals surface area contributed by atoms with Crippen LogP contribution in [0.25, 0.3) is 0 Å². The SMILES string of the molecule is C[C@@H](O)CN1CCN(C(=O)Cn2cccc(C(F)(F)F)c2=O)CC1. The number of piperazine rings is 1. The van der Waals surface area contributed by atoms with Gasteiger partial charge in [-0.1, -0.05) is 0 Å². The third-order valence-corrected chi connectivity index (χ3v) is 3.88. The van der Waals surface area contributed by atoms with Crippen LogP contribution in [0.4, 0.5) is 13.2 Å². The van der Waals surface area contributed by atoms with Crippen LogP contribution in [-0.4, -0.2) is 64.2 Å². The fourth-order valence-corrected chi connectivity index (χ4v) is 2.68. The van der Waals surface area contributed by atoms with E-state index in [0.717, 1.165) is 10.6 Å². The monoisotopic (exact) mass is 347 g/mol. The zero-order chi connectivity index (χ0) is 17.9. The average Bonchev–Trinajstić information content (AvgIpc) is 2.48. The van der Waals surface area contributed by atoms with Crippen molar-refractivity contribution in [3.63, 3.8) is 0 Å². The maximum Gasteiger partial charge on any atom is 0.421 e. The molecule has 0 aromatic carbocycles. The van der Waals surface area contributed by atoms with Gasteiger partial charge in [0.15, 0.2) is 0 Å². The molecule has 9 heteroatoms. The first-order valence-corrected chi connectivity index (χ1v) is 7.63. The molecule has 0 radical (unpaired) electrons. The summed E-state index contributed by atoms with van der Waals surface area (Å²) in [4.78, 5) is 27.6. The highest BCUT2D eigenvalue weighted by atomic mass is 19.4. The number of hydrogen-bond donors (Lipinski definition) is 1. The lowest BCUT2D eigenvalue weighted by Crippen LogP contribution is -2.51. The minimum absolute atomic E-state index is 0.395. The van der Waals surface area contributed by atoms with Crippen molar-refractivity contribution in [1.29, 1.82) is 0 Å². The van der Waals surface area contributed by atoms with Gasteiger partial charge in [-0.05, 0) is 19.1 Å². The molecule has 0 saturated carbocycles. The van der Waals surface area contributed by atoms with Crippen molar-refractivity contribution < 1.29 is 23.1 Å². The number of β-amino-alcohol motifs (C(OH)–C–C–N with tert-alkyl or cyclic N) is 1. The van der Waals surface area contributed by atoms with Gasteiger partial charge in [0.25, 0.3) is 5.56 Å². The van der Waals surface area contributed by atoms with Crippen molar-refractivity contribution in [2.24, 2.45) is 0 Å². The quantitative estimate of drug-likeness (QED) is 0.856. The van der Waals surface area contributed by atoms with Crippen LogP contribution in [0, 0.1) is 0 Å². The number of hydrogen-bond acceptors (Lipinski definition) is 4. The lowest BCUT2D eigenvalue weighted by molar-refractivity contribution is -0.140. The number of aliphatic hydroxyl groups excluding tert-OH is 1. The number of carbonyl (C=O) groups excluding carboxylic acids is 1. The molecule has 2 rings (SSSR count). The van der Waals surface area contributed by atoms with Crippen molar-refractivity contribution in [2.45, 2.75) is 25.7 Å². The second-order valence-electron chi connectivity index (χ2n) is 5.88. The van der Waals surface area contributed by atoms with Gasteiger partial charge in [0.2, 0.25) is 5.91 Å². The van der Waals surface area contributed by atoms with Gasteiger partial charge < -0.3 is 14.6 Å². The first-order chi connectivity index (χ1) is 11.2. The molecule has 1 N–H and O–H groups in total. The van der Waals surface area contributed by atoms with Gasteiger partial charge in [-0.15, -0.1) is 0 Å². The molecular weight excluding hydrogens is 327 g/mol. The number of amides is 1. The van der Waals surface area contributed by atoms with E-state index in [9.17, 15) is 27.9 Å². The molecule has 2 heterocycles. The Labute approximate surface area is 137 Å². The second-order valence-corrected chi connectivity index (χ2v) is 5.88. The molecule has 6 nitrogen and oxygen atoms in total. The first kappa shape index (κ1) is 18.5. The Bertz CT molecular complexity index is 635. The van der Waals surface area contributed by atoms with Gasteiger partial charge >= 0.3 is 6.18 Å². The fourth-order valence-electron chi connectivity index (χ4n) is 2.68. The Morgan fingerprint density at radius 1 is 1.29 bits per heavy atom. The topological polar surface area (TPSA) is 65.8 Å². The van der Waals surface area contributed by atoms with Gasteiger partial charge in [-0.2, -0.15) is 13.2 Å². The first-order valence-electron chi connectivity index (χ1n) is 7.63. The van der Waals surface area contributed by atoms with Crippen molar-refractivity contribution in [2.75, 3.05) is 32.7 Å². The summed E-state index contributed by atoms with van der Waals surface area (Å²) >= 11 is 0. The molecule has 24 heavy (non-hydrogen) atoms. The van der Waals surface area contributed by atoms with E-state index >= 15 is 0 Å². The predicted molar refractivity (Wildman–Crippen MR) is 80.4 cm³/mol. The van der Waals surface area contributed by atoms with Crippen LogP contribution >= 0.6 is 0 Å². The van der Waals surface area contributed by atoms with Crippen LogP contribution in [0.1, 0.15) is 12.5 Å². The smallest absolute Gasteiger partial charge is 0.392 e. The molecule has 1 aliphatic rings. The molecule has 1 saturated heterocycles. The zero-order valence-corrected chi connectivity index (χ0v) is 13.3. The maximum atomic E-state index is 12.7. The van der Waals surface area contributed by atoms with E-state index in [-0.39, 0.29) is 0 Å². The molecule has 0 aliphatic carbocycles.